The predicted molar refractivity (Wildman–Crippen MR) is 142 cm³/mol. The quantitative estimate of drug-likeness (QED) is 0.0667. The van der Waals surface area contributed by atoms with Gasteiger partial charge in [-0.1, -0.05) is 103 Å². The number of hydrogen-bond acceptors (Lipinski definition) is 5. The molecule has 0 aromatic carbocycles. The van der Waals surface area contributed by atoms with Crippen molar-refractivity contribution in [2.45, 2.75) is 156 Å². The van der Waals surface area contributed by atoms with E-state index in [1.165, 1.54) is 83.5 Å². The third kappa shape index (κ3) is 35.9. The van der Waals surface area contributed by atoms with Gasteiger partial charge in [-0.05, 0) is 12.8 Å². The second-order valence-electron chi connectivity index (χ2n) is 9.61. The Bertz CT molecular complexity index is 469. The zero-order valence-corrected chi connectivity index (χ0v) is 24.1. The first-order valence-corrected chi connectivity index (χ1v) is 14.7. The zero-order chi connectivity index (χ0) is 25.9. The molecule has 0 aliphatic heterocycles. The van der Waals surface area contributed by atoms with Gasteiger partial charge >= 0.3 is 63.4 Å². The second kappa shape index (κ2) is 28.6. The van der Waals surface area contributed by atoms with E-state index in [1.807, 2.05) is 33.8 Å². The van der Waals surface area contributed by atoms with Gasteiger partial charge in [0.25, 0.3) is 0 Å². The van der Waals surface area contributed by atoms with Crippen molar-refractivity contribution in [1.82, 2.24) is 0 Å². The van der Waals surface area contributed by atoms with E-state index in [-0.39, 0.29) is 28.1 Å². The number of carboxylic acids is 1. The number of unbranched alkanes of at least 4 members (excludes halogenated alkanes) is 14. The summed E-state index contributed by atoms with van der Waals surface area (Å²) in [4.78, 5) is 21.4. The molecule has 0 fully saturated rings. The average Bonchev–Trinajstić information content (AvgIpc) is 2.75. The summed E-state index contributed by atoms with van der Waals surface area (Å²) in [6.07, 6.45) is 24.1. The molecule has 0 aliphatic carbocycles. The number of hydrogen-bond donors (Lipinski definition) is 0. The number of aliphatic carboxylic acids is 1. The molecule has 198 valence electrons. The van der Waals surface area contributed by atoms with Crippen LogP contribution in [0, 0.1) is 0 Å². The topological polar surface area (TPSA) is 75.7 Å². The van der Waals surface area contributed by atoms with Gasteiger partial charge in [0.15, 0.2) is 0 Å². The first-order valence-electron chi connectivity index (χ1n) is 13.8. The molecular weight excluding hydrogens is 443 g/mol. The van der Waals surface area contributed by atoms with Crippen LogP contribution in [-0.4, -0.2) is 39.8 Å². The summed E-state index contributed by atoms with van der Waals surface area (Å²) in [6, 6.07) is 0. The summed E-state index contributed by atoms with van der Waals surface area (Å²) in [7, 11) is 0. The van der Waals surface area contributed by atoms with Crippen molar-refractivity contribution in [1.29, 1.82) is 0 Å². The molecule has 34 heavy (non-hydrogen) atoms. The number of carbonyl (C=O) groups is 2. The predicted octanol–water partition coefficient (Wildman–Crippen LogP) is 6.88. The van der Waals surface area contributed by atoms with Crippen LogP contribution in [0.15, 0.2) is 12.2 Å². The Morgan fingerprint density at radius 3 is 1.50 bits per heavy atom. The van der Waals surface area contributed by atoms with Gasteiger partial charge in [-0.25, -0.2) is 0 Å². The van der Waals surface area contributed by atoms with Crippen molar-refractivity contribution in [3.8, 4) is 0 Å². The average molecular weight is 497 g/mol. The van der Waals surface area contributed by atoms with Gasteiger partial charge in [-0.3, -0.25) is 4.79 Å². The number of allylic oxidation sites excluding steroid dienone is 2. The maximum absolute atomic E-state index is 11.1. The minimum Gasteiger partial charge on any atom is -0.550 e. The molecule has 0 unspecified atom stereocenters. The molecule has 5 nitrogen and oxygen atoms in total. The minimum absolute atomic E-state index is 0.215. The fourth-order valence-electron chi connectivity index (χ4n) is 3.28. The van der Waals surface area contributed by atoms with Crippen LogP contribution in [0.3, 0.4) is 0 Å². The van der Waals surface area contributed by atoms with Crippen LogP contribution >= 0.6 is 0 Å². The summed E-state index contributed by atoms with van der Waals surface area (Å²) in [5.41, 5.74) is 0. The summed E-state index contributed by atoms with van der Waals surface area (Å²) < 4.78 is 10.4. The van der Waals surface area contributed by atoms with Gasteiger partial charge in [-0.2, -0.15) is 0 Å². The smallest absolute Gasteiger partial charge is 0.142 e. The van der Waals surface area contributed by atoms with E-state index in [1.54, 1.807) is 6.08 Å². The molecule has 0 radical (unpaired) electrons. The maximum atomic E-state index is 11.1. The first kappa shape index (κ1) is 35.5. The monoisotopic (exact) mass is 496 g/mol. The zero-order valence-electron chi connectivity index (χ0n) is 22.9. The number of ketones is 1. The van der Waals surface area contributed by atoms with E-state index >= 15 is 0 Å². The Morgan fingerprint density at radius 2 is 1.12 bits per heavy atom. The SMILES string of the molecule is CC(C)[O][Al+][O]C(C)C.CCCCCCCCCCCCCCCCC=CCC(=O)CC(=O)[O-]. The molecule has 0 saturated carbocycles. The van der Waals surface area contributed by atoms with Gasteiger partial charge in [0.05, 0.1) is 0 Å². The van der Waals surface area contributed by atoms with E-state index in [0.717, 1.165) is 12.8 Å². The van der Waals surface area contributed by atoms with E-state index in [2.05, 4.69) is 6.92 Å². The van der Waals surface area contributed by atoms with Gasteiger partial charge in [-0.15, -0.1) is 0 Å². The Kier molecular flexibility index (Phi) is 29.8. The Morgan fingerprint density at radius 1 is 0.706 bits per heavy atom. The van der Waals surface area contributed by atoms with Crippen molar-refractivity contribution >= 4 is 27.6 Å². The van der Waals surface area contributed by atoms with Crippen LogP contribution < -0.4 is 5.11 Å². The molecule has 6 heteroatoms. The van der Waals surface area contributed by atoms with Crippen LogP contribution in [0.25, 0.3) is 0 Å². The molecule has 0 N–H and O–H groups in total. The Hall–Kier alpha value is -0.668. The fourth-order valence-corrected chi connectivity index (χ4v) is 3.79. The summed E-state index contributed by atoms with van der Waals surface area (Å²) in [6.45, 7) is 10.3. The van der Waals surface area contributed by atoms with Gasteiger partial charge in [0, 0.05) is 18.8 Å². The summed E-state index contributed by atoms with van der Waals surface area (Å²) in [5.74, 6) is -1.57. The fraction of sp³-hybridized carbons (Fsp3) is 0.857. The number of rotatable bonds is 23. The van der Waals surface area contributed by atoms with Gasteiger partial charge in [0.1, 0.15) is 5.78 Å². The van der Waals surface area contributed by atoms with Crippen LogP contribution in [0.4, 0.5) is 0 Å². The Balaban J connectivity index is 0. The summed E-state index contributed by atoms with van der Waals surface area (Å²) >= 11 is -0.245. The third-order valence-corrected chi connectivity index (χ3v) is 6.54. The van der Waals surface area contributed by atoms with E-state index in [9.17, 15) is 14.7 Å². The summed E-state index contributed by atoms with van der Waals surface area (Å²) in [5, 5.41) is 10.2. The Labute approximate surface area is 217 Å². The third-order valence-electron chi connectivity index (χ3n) is 5.23. The van der Waals surface area contributed by atoms with Crippen molar-refractivity contribution in [2.75, 3.05) is 0 Å². The second-order valence-corrected chi connectivity index (χ2v) is 10.4. The van der Waals surface area contributed by atoms with Crippen molar-refractivity contribution < 1.29 is 22.3 Å². The van der Waals surface area contributed by atoms with Crippen molar-refractivity contribution in [3.63, 3.8) is 0 Å². The van der Waals surface area contributed by atoms with Crippen LogP contribution in [0.1, 0.15) is 144 Å². The van der Waals surface area contributed by atoms with Crippen molar-refractivity contribution in [2.24, 2.45) is 0 Å². The molecular formula is C28H53AlO5. The van der Waals surface area contributed by atoms with E-state index in [4.69, 9.17) is 7.58 Å². The molecule has 0 heterocycles. The van der Waals surface area contributed by atoms with E-state index in [0.29, 0.717) is 12.2 Å². The van der Waals surface area contributed by atoms with Crippen LogP contribution in [0.2, 0.25) is 0 Å². The molecule has 0 saturated heterocycles. The van der Waals surface area contributed by atoms with E-state index < -0.39 is 12.4 Å². The molecule has 0 aromatic heterocycles. The molecule has 0 rings (SSSR count). The molecule has 0 aromatic rings. The number of carbonyl (C=O) groups excluding carboxylic acids is 2. The normalized spacial score (nSPS) is 11.0. The number of carboxylic acid groups (broad SMARTS) is 1. The maximum Gasteiger partial charge on any atom is 0.142 e. The molecule has 0 atom stereocenters. The van der Waals surface area contributed by atoms with Crippen molar-refractivity contribution in [3.05, 3.63) is 12.2 Å². The van der Waals surface area contributed by atoms with Gasteiger partial charge in [0.2, 0.25) is 0 Å². The molecule has 0 spiro atoms. The number of Topliss-reactive ketones (excluding diaryl/α,β-unsaturated/α-hetero) is 1. The molecule has 0 bridgehead atoms. The van der Waals surface area contributed by atoms with Crippen LogP contribution in [-0.2, 0) is 17.2 Å². The largest absolute Gasteiger partial charge is 0.550 e. The van der Waals surface area contributed by atoms with Crippen LogP contribution in [0.5, 0.6) is 0 Å². The van der Waals surface area contributed by atoms with Gasteiger partial charge < -0.3 is 9.90 Å². The first-order chi connectivity index (χ1) is 16.3. The molecule has 0 aliphatic rings. The standard InChI is InChI=1S/C22H40O3.2C3H7O.Al/c1-2-3-4-5-6-7-8-9-10-11-12-13-14-15-16-17-18-19-21(23)20-22(24)25;2*1-3(2)4;/h17-18H,2-16,19-20H2,1H3,(H,24,25);2*3H,1-2H3;/q;2*-1;+3/p-1. The molecule has 0 amide bonds. The minimum atomic E-state index is -1.29.